The number of hydrogen-bond donors (Lipinski definition) is 3. The number of aryl methyl sites for hydroxylation is 1. The minimum atomic E-state index is -1.10. The fraction of sp³-hybridized carbons (Fsp3) is 0.154. The maximum Gasteiger partial charge on any atom is 0.337 e. The smallest absolute Gasteiger partial charge is 0.337 e. The summed E-state index contributed by atoms with van der Waals surface area (Å²) in [6.07, 6.45) is 0. The predicted octanol–water partition coefficient (Wildman–Crippen LogP) is 3.23. The summed E-state index contributed by atoms with van der Waals surface area (Å²) >= 11 is 4.70. The number of carboxylic acid groups (broad SMARTS) is 1. The number of benzene rings is 1. The Morgan fingerprint density at radius 2 is 2.19 bits per heavy atom. The van der Waals surface area contributed by atoms with E-state index in [0.29, 0.717) is 11.0 Å². The molecule has 0 saturated carbocycles. The van der Waals surface area contributed by atoms with Crippen LogP contribution < -0.4 is 10.6 Å². The topological polar surface area (TPSA) is 91.3 Å². The first kappa shape index (κ1) is 15.5. The molecule has 0 aliphatic carbocycles. The zero-order chi connectivity index (χ0) is 15.4. The van der Waals surface area contributed by atoms with Gasteiger partial charge in [-0.25, -0.2) is 14.6 Å². The van der Waals surface area contributed by atoms with Gasteiger partial charge in [0.25, 0.3) is 0 Å². The first-order valence-corrected chi connectivity index (χ1v) is 7.61. The second kappa shape index (κ2) is 6.68. The molecule has 2 rings (SSSR count). The van der Waals surface area contributed by atoms with Gasteiger partial charge in [-0.15, -0.1) is 11.3 Å². The lowest BCUT2D eigenvalue weighted by atomic mass is 10.2. The number of carbonyl (C=O) groups excluding carboxylic acids is 1. The van der Waals surface area contributed by atoms with Crippen molar-refractivity contribution in [1.29, 1.82) is 0 Å². The van der Waals surface area contributed by atoms with E-state index in [2.05, 4.69) is 31.5 Å². The molecule has 110 valence electrons. The van der Waals surface area contributed by atoms with Crippen molar-refractivity contribution < 1.29 is 14.7 Å². The highest BCUT2D eigenvalue weighted by Crippen LogP contribution is 2.21. The average Bonchev–Trinajstić information content (AvgIpc) is 2.81. The average molecular weight is 370 g/mol. The quantitative estimate of drug-likeness (QED) is 0.771. The standard InChI is InChI=1S/C13H12BrN3O3S/c1-7-11(21-6-16-7)5-15-13(20)17-10-4-8(14)2-3-9(10)12(18)19/h2-4,6H,5H2,1H3,(H,18,19)(H2,15,17,20). The van der Waals surface area contributed by atoms with E-state index in [0.717, 1.165) is 10.6 Å². The summed E-state index contributed by atoms with van der Waals surface area (Å²) in [5.41, 5.74) is 2.84. The van der Waals surface area contributed by atoms with Crippen LogP contribution in [0.1, 0.15) is 20.9 Å². The first-order chi connectivity index (χ1) is 9.97. The van der Waals surface area contributed by atoms with Gasteiger partial charge in [0, 0.05) is 9.35 Å². The molecule has 21 heavy (non-hydrogen) atoms. The molecule has 0 aliphatic rings. The molecule has 2 aromatic rings. The molecule has 0 saturated heterocycles. The number of anilines is 1. The number of nitrogens with one attached hydrogen (secondary N) is 2. The molecule has 0 radical (unpaired) electrons. The highest BCUT2D eigenvalue weighted by atomic mass is 79.9. The number of aromatic nitrogens is 1. The van der Waals surface area contributed by atoms with Crippen molar-refractivity contribution in [3.05, 3.63) is 44.3 Å². The Bertz CT molecular complexity index is 687. The SMILES string of the molecule is Cc1ncsc1CNC(=O)Nc1cc(Br)ccc1C(=O)O. The monoisotopic (exact) mass is 369 g/mol. The number of carboxylic acids is 1. The second-order valence-electron chi connectivity index (χ2n) is 4.16. The van der Waals surface area contributed by atoms with Gasteiger partial charge in [-0.3, -0.25) is 0 Å². The summed E-state index contributed by atoms with van der Waals surface area (Å²) < 4.78 is 0.682. The van der Waals surface area contributed by atoms with Crippen molar-refractivity contribution in [2.24, 2.45) is 0 Å². The number of halogens is 1. The van der Waals surface area contributed by atoms with E-state index in [1.165, 1.54) is 17.4 Å². The lowest BCUT2D eigenvalue weighted by Crippen LogP contribution is -2.28. The molecule has 1 aromatic heterocycles. The van der Waals surface area contributed by atoms with Gasteiger partial charge >= 0.3 is 12.0 Å². The van der Waals surface area contributed by atoms with Crippen LogP contribution in [0.5, 0.6) is 0 Å². The van der Waals surface area contributed by atoms with Gasteiger partial charge in [0.1, 0.15) is 0 Å². The van der Waals surface area contributed by atoms with Crippen molar-refractivity contribution >= 4 is 45.0 Å². The van der Waals surface area contributed by atoms with E-state index < -0.39 is 12.0 Å². The van der Waals surface area contributed by atoms with Crippen molar-refractivity contribution in [1.82, 2.24) is 10.3 Å². The van der Waals surface area contributed by atoms with Gasteiger partial charge in [-0.2, -0.15) is 0 Å². The van der Waals surface area contributed by atoms with Gasteiger partial charge in [-0.1, -0.05) is 15.9 Å². The number of hydrogen-bond acceptors (Lipinski definition) is 4. The lowest BCUT2D eigenvalue weighted by Gasteiger charge is -2.10. The van der Waals surface area contributed by atoms with Crippen molar-refractivity contribution in [2.45, 2.75) is 13.5 Å². The number of thiazole rings is 1. The summed E-state index contributed by atoms with van der Waals surface area (Å²) in [7, 11) is 0. The van der Waals surface area contributed by atoms with Crippen LogP contribution in [0.25, 0.3) is 0 Å². The van der Waals surface area contributed by atoms with Crippen LogP contribution in [-0.2, 0) is 6.54 Å². The summed E-state index contributed by atoms with van der Waals surface area (Å²) in [6.45, 7) is 2.21. The number of rotatable bonds is 4. The first-order valence-electron chi connectivity index (χ1n) is 5.94. The van der Waals surface area contributed by atoms with E-state index in [1.807, 2.05) is 6.92 Å². The number of urea groups is 1. The molecule has 0 atom stereocenters. The highest BCUT2D eigenvalue weighted by molar-refractivity contribution is 9.10. The molecular formula is C13H12BrN3O3S. The van der Waals surface area contributed by atoms with E-state index in [-0.39, 0.29) is 11.3 Å². The van der Waals surface area contributed by atoms with Gasteiger partial charge in [0.2, 0.25) is 0 Å². The van der Waals surface area contributed by atoms with Crippen LogP contribution in [-0.4, -0.2) is 22.1 Å². The van der Waals surface area contributed by atoms with Crippen LogP contribution in [0.3, 0.4) is 0 Å². The van der Waals surface area contributed by atoms with Gasteiger partial charge in [-0.05, 0) is 25.1 Å². The minimum absolute atomic E-state index is 0.0299. The second-order valence-corrected chi connectivity index (χ2v) is 6.02. The number of nitrogens with zero attached hydrogens (tertiary/aromatic N) is 1. The normalized spacial score (nSPS) is 10.2. The fourth-order valence-electron chi connectivity index (χ4n) is 1.63. The van der Waals surface area contributed by atoms with Crippen molar-refractivity contribution in [3.8, 4) is 0 Å². The molecule has 8 heteroatoms. The Balaban J connectivity index is 2.04. The number of carbonyl (C=O) groups is 2. The van der Waals surface area contributed by atoms with E-state index >= 15 is 0 Å². The molecule has 2 amide bonds. The summed E-state index contributed by atoms with van der Waals surface area (Å²) in [4.78, 5) is 28.0. The lowest BCUT2D eigenvalue weighted by molar-refractivity contribution is 0.0698. The van der Waals surface area contributed by atoms with Crippen molar-refractivity contribution in [3.63, 3.8) is 0 Å². The van der Waals surface area contributed by atoms with Gasteiger partial charge < -0.3 is 15.7 Å². The molecule has 1 heterocycles. The molecular weight excluding hydrogens is 358 g/mol. The molecule has 6 nitrogen and oxygen atoms in total. The molecule has 1 aromatic carbocycles. The Labute approximate surface area is 133 Å². The highest BCUT2D eigenvalue weighted by Gasteiger charge is 2.13. The van der Waals surface area contributed by atoms with Crippen LogP contribution in [0, 0.1) is 6.92 Å². The predicted molar refractivity (Wildman–Crippen MR) is 83.8 cm³/mol. The summed E-state index contributed by atoms with van der Waals surface area (Å²) in [5.74, 6) is -1.10. The maximum absolute atomic E-state index is 11.9. The van der Waals surface area contributed by atoms with E-state index in [4.69, 9.17) is 5.11 Å². The third kappa shape index (κ3) is 4.02. The fourth-order valence-corrected chi connectivity index (χ4v) is 2.71. The Morgan fingerprint density at radius 3 is 2.81 bits per heavy atom. The van der Waals surface area contributed by atoms with Crippen LogP contribution in [0.4, 0.5) is 10.5 Å². The van der Waals surface area contributed by atoms with E-state index in [9.17, 15) is 9.59 Å². The van der Waals surface area contributed by atoms with Crippen molar-refractivity contribution in [2.75, 3.05) is 5.32 Å². The van der Waals surface area contributed by atoms with Gasteiger partial charge in [0.15, 0.2) is 0 Å². The Hall–Kier alpha value is -1.93. The molecule has 0 spiro atoms. The molecule has 0 bridgehead atoms. The Morgan fingerprint density at radius 1 is 1.43 bits per heavy atom. The summed E-state index contributed by atoms with van der Waals surface area (Å²) in [6, 6.07) is 4.10. The Kier molecular flexibility index (Phi) is 4.92. The zero-order valence-corrected chi connectivity index (χ0v) is 13.4. The number of amides is 2. The molecule has 0 fully saturated rings. The molecule has 0 aliphatic heterocycles. The van der Waals surface area contributed by atoms with Crippen LogP contribution in [0.15, 0.2) is 28.2 Å². The maximum atomic E-state index is 11.9. The van der Waals surface area contributed by atoms with Crippen LogP contribution >= 0.6 is 27.3 Å². The van der Waals surface area contributed by atoms with Gasteiger partial charge in [0.05, 0.1) is 29.0 Å². The third-order valence-electron chi connectivity index (χ3n) is 2.71. The third-order valence-corrected chi connectivity index (χ3v) is 4.14. The molecule has 0 unspecified atom stereocenters. The molecule has 3 N–H and O–H groups in total. The number of aromatic carboxylic acids is 1. The van der Waals surface area contributed by atoms with E-state index in [1.54, 1.807) is 17.6 Å². The largest absolute Gasteiger partial charge is 0.478 e. The minimum Gasteiger partial charge on any atom is -0.478 e. The van der Waals surface area contributed by atoms with Crippen LogP contribution in [0.2, 0.25) is 0 Å². The zero-order valence-electron chi connectivity index (χ0n) is 11.0. The summed E-state index contributed by atoms with van der Waals surface area (Å²) in [5, 5.41) is 14.3.